The van der Waals surface area contributed by atoms with E-state index in [0.717, 1.165) is 30.3 Å². The van der Waals surface area contributed by atoms with Crippen molar-refractivity contribution in [2.24, 2.45) is 5.92 Å². The lowest BCUT2D eigenvalue weighted by Crippen LogP contribution is -2.48. The van der Waals surface area contributed by atoms with Crippen LogP contribution in [-0.2, 0) is 11.2 Å². The molecule has 1 aromatic carbocycles. The second kappa shape index (κ2) is 5.55. The maximum absolute atomic E-state index is 10.5. The third-order valence-electron chi connectivity index (χ3n) is 4.67. The molecule has 1 N–H and O–H groups in total. The van der Waals surface area contributed by atoms with Crippen LogP contribution in [0.25, 0.3) is 0 Å². The normalized spacial score (nSPS) is 26.9. The molecule has 0 aromatic heterocycles. The molecule has 2 aliphatic rings. The van der Waals surface area contributed by atoms with E-state index in [1.165, 1.54) is 24.8 Å². The number of aliphatic hydroxyl groups excluding tert-OH is 1. The Morgan fingerprint density at radius 1 is 1.42 bits per heavy atom. The van der Waals surface area contributed by atoms with Crippen molar-refractivity contribution in [2.45, 2.75) is 50.2 Å². The molecule has 2 fully saturated rings. The van der Waals surface area contributed by atoms with E-state index >= 15 is 0 Å². The second-order valence-electron chi connectivity index (χ2n) is 6.04. The fourth-order valence-electron chi connectivity index (χ4n) is 3.39. The van der Waals surface area contributed by atoms with E-state index < -0.39 is 0 Å². The van der Waals surface area contributed by atoms with Gasteiger partial charge in [0.2, 0.25) is 0 Å². The number of halogens is 1. The molecule has 1 spiro atoms. The highest BCUT2D eigenvalue weighted by atomic mass is 79.9. The molecular weight excluding hydrogens is 304 g/mol. The molecule has 1 aromatic rings. The van der Waals surface area contributed by atoms with Crippen molar-refractivity contribution < 1.29 is 9.84 Å². The highest BCUT2D eigenvalue weighted by Crippen LogP contribution is 2.45. The molecule has 1 heterocycles. The summed E-state index contributed by atoms with van der Waals surface area (Å²) >= 11 is 3.48. The van der Waals surface area contributed by atoms with E-state index in [1.807, 2.05) is 12.1 Å². The summed E-state index contributed by atoms with van der Waals surface area (Å²) in [6, 6.07) is 8.24. The maximum atomic E-state index is 10.5. The second-order valence-corrected chi connectivity index (χ2v) is 6.95. The first-order valence-electron chi connectivity index (χ1n) is 7.23. The Morgan fingerprint density at radius 2 is 2.26 bits per heavy atom. The summed E-state index contributed by atoms with van der Waals surface area (Å²) in [5, 5.41) is 10.5. The van der Waals surface area contributed by atoms with Crippen LogP contribution in [0.1, 0.15) is 37.7 Å². The number of benzene rings is 1. The summed E-state index contributed by atoms with van der Waals surface area (Å²) in [5.41, 5.74) is 1.33. The zero-order valence-electron chi connectivity index (χ0n) is 11.1. The largest absolute Gasteiger partial charge is 0.392 e. The topological polar surface area (TPSA) is 29.5 Å². The molecule has 3 rings (SSSR count). The van der Waals surface area contributed by atoms with E-state index in [2.05, 4.69) is 28.1 Å². The van der Waals surface area contributed by atoms with Crippen LogP contribution < -0.4 is 0 Å². The Hall–Kier alpha value is -0.380. The molecule has 0 radical (unpaired) electrons. The molecule has 0 bridgehead atoms. The lowest BCUT2D eigenvalue weighted by Gasteiger charge is -2.48. The predicted octanol–water partition coefficient (Wildman–Crippen LogP) is 3.70. The minimum Gasteiger partial charge on any atom is -0.392 e. The number of rotatable bonds is 3. The SMILES string of the molecule is OC(Cc1cccc(Br)c1)C1CCOC2(CCC2)C1. The van der Waals surface area contributed by atoms with Gasteiger partial charge in [0, 0.05) is 11.1 Å². The predicted molar refractivity (Wildman–Crippen MR) is 79.1 cm³/mol. The van der Waals surface area contributed by atoms with Gasteiger partial charge in [-0.3, -0.25) is 0 Å². The van der Waals surface area contributed by atoms with Gasteiger partial charge in [-0.2, -0.15) is 0 Å². The molecule has 19 heavy (non-hydrogen) atoms. The Labute approximate surface area is 123 Å². The van der Waals surface area contributed by atoms with Crippen molar-refractivity contribution in [3.63, 3.8) is 0 Å². The van der Waals surface area contributed by atoms with Crippen LogP contribution in [0, 0.1) is 5.92 Å². The quantitative estimate of drug-likeness (QED) is 0.918. The average molecular weight is 325 g/mol. The standard InChI is InChI=1S/C16H21BrO2/c17-14-4-1-3-12(9-14)10-15(18)13-5-8-19-16(11-13)6-2-7-16/h1,3-4,9,13,15,18H,2,5-8,10-11H2. The van der Waals surface area contributed by atoms with Gasteiger partial charge in [-0.15, -0.1) is 0 Å². The van der Waals surface area contributed by atoms with Gasteiger partial charge in [0.25, 0.3) is 0 Å². The van der Waals surface area contributed by atoms with Crippen molar-refractivity contribution in [1.29, 1.82) is 0 Å². The van der Waals surface area contributed by atoms with Crippen LogP contribution in [-0.4, -0.2) is 23.4 Å². The molecule has 2 unspecified atom stereocenters. The Kier molecular flexibility index (Phi) is 3.97. The van der Waals surface area contributed by atoms with Crippen molar-refractivity contribution in [3.8, 4) is 0 Å². The summed E-state index contributed by atoms with van der Waals surface area (Å²) in [4.78, 5) is 0. The van der Waals surface area contributed by atoms with Crippen LogP contribution in [0.5, 0.6) is 0 Å². The van der Waals surface area contributed by atoms with E-state index in [4.69, 9.17) is 4.74 Å². The van der Waals surface area contributed by atoms with E-state index in [1.54, 1.807) is 0 Å². The zero-order valence-corrected chi connectivity index (χ0v) is 12.7. The first kappa shape index (κ1) is 13.6. The van der Waals surface area contributed by atoms with Gasteiger partial charge in [-0.1, -0.05) is 28.1 Å². The fraction of sp³-hybridized carbons (Fsp3) is 0.625. The van der Waals surface area contributed by atoms with Gasteiger partial charge in [-0.05, 0) is 62.1 Å². The molecule has 1 saturated heterocycles. The maximum Gasteiger partial charge on any atom is 0.0686 e. The van der Waals surface area contributed by atoms with E-state index in [9.17, 15) is 5.11 Å². The molecule has 0 amide bonds. The first-order valence-corrected chi connectivity index (χ1v) is 8.03. The molecular formula is C16H21BrO2. The highest BCUT2D eigenvalue weighted by molar-refractivity contribution is 9.10. The van der Waals surface area contributed by atoms with Crippen molar-refractivity contribution in [1.82, 2.24) is 0 Å². The van der Waals surface area contributed by atoms with Gasteiger partial charge in [0.05, 0.1) is 11.7 Å². The molecule has 2 nitrogen and oxygen atoms in total. The summed E-state index contributed by atoms with van der Waals surface area (Å²) in [6.45, 7) is 0.820. The van der Waals surface area contributed by atoms with Crippen LogP contribution in [0.15, 0.2) is 28.7 Å². The van der Waals surface area contributed by atoms with Gasteiger partial charge in [0.1, 0.15) is 0 Å². The van der Waals surface area contributed by atoms with Crippen molar-refractivity contribution in [3.05, 3.63) is 34.3 Å². The summed E-state index contributed by atoms with van der Waals surface area (Å²) in [7, 11) is 0. The third kappa shape index (κ3) is 3.04. The van der Waals surface area contributed by atoms with Crippen LogP contribution in [0.2, 0.25) is 0 Å². The molecule has 1 aliphatic carbocycles. The summed E-state index contributed by atoms with van der Waals surface area (Å²) < 4.78 is 7.02. The Balaban J connectivity index is 1.62. The number of aliphatic hydroxyl groups is 1. The molecule has 3 heteroatoms. The smallest absolute Gasteiger partial charge is 0.0686 e. The van der Waals surface area contributed by atoms with Gasteiger partial charge >= 0.3 is 0 Å². The highest BCUT2D eigenvalue weighted by Gasteiger charge is 2.43. The van der Waals surface area contributed by atoms with Gasteiger partial charge in [-0.25, -0.2) is 0 Å². The monoisotopic (exact) mass is 324 g/mol. The molecule has 104 valence electrons. The minimum atomic E-state index is -0.240. The Morgan fingerprint density at radius 3 is 2.95 bits per heavy atom. The van der Waals surface area contributed by atoms with E-state index in [0.29, 0.717) is 5.92 Å². The fourth-order valence-corrected chi connectivity index (χ4v) is 3.83. The van der Waals surface area contributed by atoms with Crippen LogP contribution in [0.4, 0.5) is 0 Å². The molecule has 1 saturated carbocycles. The molecule has 2 atom stereocenters. The zero-order chi connectivity index (χ0) is 13.3. The minimum absolute atomic E-state index is 0.126. The van der Waals surface area contributed by atoms with Crippen molar-refractivity contribution in [2.75, 3.05) is 6.61 Å². The Bertz CT molecular complexity index is 442. The summed E-state index contributed by atoms with van der Waals surface area (Å²) in [6.07, 6.45) is 6.21. The van der Waals surface area contributed by atoms with Crippen molar-refractivity contribution >= 4 is 15.9 Å². The first-order chi connectivity index (χ1) is 9.17. The number of hydrogen-bond donors (Lipinski definition) is 1. The van der Waals surface area contributed by atoms with E-state index in [-0.39, 0.29) is 11.7 Å². The number of ether oxygens (including phenoxy) is 1. The van der Waals surface area contributed by atoms with Gasteiger partial charge < -0.3 is 9.84 Å². The lowest BCUT2D eigenvalue weighted by atomic mass is 9.70. The average Bonchev–Trinajstić information content (AvgIpc) is 2.37. The lowest BCUT2D eigenvalue weighted by molar-refractivity contribution is -0.156. The molecule has 1 aliphatic heterocycles. The number of hydrogen-bond acceptors (Lipinski definition) is 2. The van der Waals surface area contributed by atoms with Gasteiger partial charge in [0.15, 0.2) is 0 Å². The van der Waals surface area contributed by atoms with Crippen LogP contribution >= 0.6 is 15.9 Å². The summed E-state index contributed by atoms with van der Waals surface area (Å²) in [5.74, 6) is 0.396. The van der Waals surface area contributed by atoms with Crippen LogP contribution in [0.3, 0.4) is 0 Å². The third-order valence-corrected chi connectivity index (χ3v) is 5.17.